The Bertz CT molecular complexity index is 1260. The number of aryl methyl sites for hydroxylation is 1. The van der Waals surface area contributed by atoms with Gasteiger partial charge in [-0.15, -0.1) is 0 Å². The van der Waals surface area contributed by atoms with Crippen LogP contribution in [0, 0.1) is 6.92 Å². The standard InChI is InChI=1S/C25H23BrN4O5/c1-15-3-5-16(6-4-15)14-35-22-20(26)11-17(12-21(22)34-2)13-28-30-25(33)24(32)29-19-9-7-18(8-10-19)23(27)31/h3-13H,14H2,1-2H3,(H2,27,31)(H,29,32)(H,30,33)/b28-13+. The molecule has 180 valence electrons. The number of rotatable bonds is 8. The highest BCUT2D eigenvalue weighted by Crippen LogP contribution is 2.36. The van der Waals surface area contributed by atoms with Crippen molar-refractivity contribution >= 4 is 45.6 Å². The lowest BCUT2D eigenvalue weighted by molar-refractivity contribution is -0.136. The van der Waals surface area contributed by atoms with Gasteiger partial charge in [-0.1, -0.05) is 29.8 Å². The second-order valence-corrected chi connectivity index (χ2v) is 8.26. The number of halogens is 1. The minimum atomic E-state index is -0.968. The zero-order valence-electron chi connectivity index (χ0n) is 19.0. The van der Waals surface area contributed by atoms with Crippen LogP contribution < -0.4 is 25.9 Å². The van der Waals surface area contributed by atoms with E-state index >= 15 is 0 Å². The number of amides is 3. The molecule has 0 bridgehead atoms. The molecule has 3 aromatic rings. The molecule has 0 saturated carbocycles. The maximum atomic E-state index is 12.0. The molecule has 0 aliphatic heterocycles. The number of carbonyl (C=O) groups excluding carboxylic acids is 3. The summed E-state index contributed by atoms with van der Waals surface area (Å²) in [5.74, 6) is -1.49. The van der Waals surface area contributed by atoms with Crippen molar-refractivity contribution in [3.05, 3.63) is 87.4 Å². The number of anilines is 1. The van der Waals surface area contributed by atoms with Crippen molar-refractivity contribution in [3.63, 3.8) is 0 Å². The number of nitrogens with one attached hydrogen (secondary N) is 2. The first kappa shape index (κ1) is 25.4. The van der Waals surface area contributed by atoms with Crippen molar-refractivity contribution in [3.8, 4) is 11.5 Å². The van der Waals surface area contributed by atoms with Gasteiger partial charge in [0.1, 0.15) is 6.61 Å². The smallest absolute Gasteiger partial charge is 0.329 e. The molecule has 0 aliphatic rings. The minimum absolute atomic E-state index is 0.283. The molecule has 10 heteroatoms. The molecule has 0 saturated heterocycles. The van der Waals surface area contributed by atoms with E-state index in [1.807, 2.05) is 31.2 Å². The zero-order valence-corrected chi connectivity index (χ0v) is 20.6. The number of hydrazone groups is 1. The second kappa shape index (κ2) is 11.8. The van der Waals surface area contributed by atoms with E-state index in [1.165, 1.54) is 43.2 Å². The van der Waals surface area contributed by atoms with Gasteiger partial charge in [0.15, 0.2) is 11.5 Å². The lowest BCUT2D eigenvalue weighted by atomic mass is 10.2. The first-order valence-electron chi connectivity index (χ1n) is 10.4. The van der Waals surface area contributed by atoms with E-state index in [-0.39, 0.29) is 5.56 Å². The Morgan fingerprint density at radius 2 is 1.71 bits per heavy atom. The van der Waals surface area contributed by atoms with Gasteiger partial charge in [-0.2, -0.15) is 5.10 Å². The van der Waals surface area contributed by atoms with Gasteiger partial charge in [0.2, 0.25) is 5.91 Å². The summed E-state index contributed by atoms with van der Waals surface area (Å²) >= 11 is 3.47. The Hall–Kier alpha value is -4.18. The topological polar surface area (TPSA) is 132 Å². The van der Waals surface area contributed by atoms with Gasteiger partial charge >= 0.3 is 11.8 Å². The van der Waals surface area contributed by atoms with Crippen LogP contribution in [0.25, 0.3) is 0 Å². The van der Waals surface area contributed by atoms with Crippen LogP contribution in [0.4, 0.5) is 5.69 Å². The molecule has 0 aliphatic carbocycles. The molecule has 0 radical (unpaired) electrons. The van der Waals surface area contributed by atoms with Gasteiger partial charge in [-0.25, -0.2) is 5.43 Å². The Balaban J connectivity index is 1.59. The van der Waals surface area contributed by atoms with Gasteiger partial charge in [0.05, 0.1) is 17.8 Å². The lowest BCUT2D eigenvalue weighted by Gasteiger charge is -2.13. The van der Waals surface area contributed by atoms with Crippen LogP contribution in [-0.4, -0.2) is 31.0 Å². The Kier molecular flexibility index (Phi) is 8.58. The fourth-order valence-electron chi connectivity index (χ4n) is 2.92. The van der Waals surface area contributed by atoms with Crippen LogP contribution in [0.15, 0.2) is 70.2 Å². The van der Waals surface area contributed by atoms with Crippen molar-refractivity contribution in [1.82, 2.24) is 5.43 Å². The first-order chi connectivity index (χ1) is 16.8. The second-order valence-electron chi connectivity index (χ2n) is 7.40. The molecule has 3 amide bonds. The van der Waals surface area contributed by atoms with Gasteiger partial charge in [0.25, 0.3) is 0 Å². The van der Waals surface area contributed by atoms with E-state index in [2.05, 4.69) is 31.8 Å². The van der Waals surface area contributed by atoms with E-state index in [0.29, 0.717) is 33.8 Å². The molecule has 0 spiro atoms. The molecule has 35 heavy (non-hydrogen) atoms. The van der Waals surface area contributed by atoms with Gasteiger partial charge in [-0.3, -0.25) is 14.4 Å². The van der Waals surface area contributed by atoms with Crippen molar-refractivity contribution in [2.75, 3.05) is 12.4 Å². The van der Waals surface area contributed by atoms with Crippen molar-refractivity contribution < 1.29 is 23.9 Å². The van der Waals surface area contributed by atoms with E-state index in [0.717, 1.165) is 5.56 Å². The maximum absolute atomic E-state index is 12.0. The number of carbonyl (C=O) groups is 3. The quantitative estimate of drug-likeness (QED) is 0.229. The third-order valence-corrected chi connectivity index (χ3v) is 5.36. The Morgan fingerprint density at radius 3 is 2.34 bits per heavy atom. The summed E-state index contributed by atoms with van der Waals surface area (Å²) in [5.41, 5.74) is 10.7. The van der Waals surface area contributed by atoms with E-state index in [4.69, 9.17) is 15.2 Å². The molecule has 3 aromatic carbocycles. The molecular formula is C25H23BrN4O5. The lowest BCUT2D eigenvalue weighted by Crippen LogP contribution is -2.32. The highest BCUT2D eigenvalue weighted by Gasteiger charge is 2.14. The van der Waals surface area contributed by atoms with Crippen LogP contribution in [0.2, 0.25) is 0 Å². The van der Waals surface area contributed by atoms with Crippen molar-refractivity contribution in [2.24, 2.45) is 10.8 Å². The van der Waals surface area contributed by atoms with E-state index in [1.54, 1.807) is 12.1 Å². The number of methoxy groups -OCH3 is 1. The third-order valence-electron chi connectivity index (χ3n) is 4.77. The number of hydrogen-bond donors (Lipinski definition) is 3. The SMILES string of the molecule is COc1cc(/C=N/NC(=O)C(=O)Nc2ccc(C(N)=O)cc2)cc(Br)c1OCc1ccc(C)cc1. The number of nitrogens with zero attached hydrogens (tertiary/aromatic N) is 1. The average Bonchev–Trinajstić information content (AvgIpc) is 2.84. The van der Waals surface area contributed by atoms with E-state index < -0.39 is 17.7 Å². The summed E-state index contributed by atoms with van der Waals surface area (Å²) in [5, 5.41) is 6.23. The summed E-state index contributed by atoms with van der Waals surface area (Å²) in [6, 6.07) is 17.2. The normalized spacial score (nSPS) is 10.6. The fraction of sp³-hybridized carbons (Fsp3) is 0.120. The van der Waals surface area contributed by atoms with E-state index in [9.17, 15) is 14.4 Å². The summed E-state index contributed by atoms with van der Waals surface area (Å²) < 4.78 is 12.0. The molecular weight excluding hydrogens is 516 g/mol. The van der Waals surface area contributed by atoms with Crippen LogP contribution in [0.5, 0.6) is 11.5 Å². The number of nitrogens with two attached hydrogens (primary N) is 1. The van der Waals surface area contributed by atoms with Crippen LogP contribution in [-0.2, 0) is 16.2 Å². The number of primary amides is 1. The largest absolute Gasteiger partial charge is 0.493 e. The van der Waals surface area contributed by atoms with Crippen LogP contribution in [0.1, 0.15) is 27.0 Å². The molecule has 9 nitrogen and oxygen atoms in total. The molecule has 3 rings (SSSR count). The highest BCUT2D eigenvalue weighted by molar-refractivity contribution is 9.10. The number of hydrogen-bond acceptors (Lipinski definition) is 6. The van der Waals surface area contributed by atoms with Crippen LogP contribution >= 0.6 is 15.9 Å². The predicted molar refractivity (Wildman–Crippen MR) is 136 cm³/mol. The molecule has 0 aromatic heterocycles. The molecule has 0 atom stereocenters. The van der Waals surface area contributed by atoms with Crippen molar-refractivity contribution in [2.45, 2.75) is 13.5 Å². The van der Waals surface area contributed by atoms with Crippen LogP contribution in [0.3, 0.4) is 0 Å². The average molecular weight is 539 g/mol. The Labute approximate surface area is 210 Å². The summed E-state index contributed by atoms with van der Waals surface area (Å²) in [7, 11) is 1.52. The monoisotopic (exact) mass is 538 g/mol. The predicted octanol–water partition coefficient (Wildman–Crippen LogP) is 3.53. The molecule has 0 heterocycles. The summed E-state index contributed by atoms with van der Waals surface area (Å²) in [6.07, 6.45) is 1.36. The number of ether oxygens (including phenoxy) is 2. The maximum Gasteiger partial charge on any atom is 0.329 e. The summed E-state index contributed by atoms with van der Waals surface area (Å²) in [6.45, 7) is 2.38. The minimum Gasteiger partial charge on any atom is -0.493 e. The van der Waals surface area contributed by atoms with Gasteiger partial charge in [0, 0.05) is 11.3 Å². The molecule has 0 unspecified atom stereocenters. The first-order valence-corrected chi connectivity index (χ1v) is 11.2. The molecule has 0 fully saturated rings. The zero-order chi connectivity index (χ0) is 25.4. The van der Waals surface area contributed by atoms with Gasteiger partial charge in [-0.05, 0) is 70.4 Å². The summed E-state index contributed by atoms with van der Waals surface area (Å²) in [4.78, 5) is 35.2. The molecule has 4 N–H and O–H groups in total. The van der Waals surface area contributed by atoms with Crippen molar-refractivity contribution in [1.29, 1.82) is 0 Å². The fourth-order valence-corrected chi connectivity index (χ4v) is 3.49. The number of benzene rings is 3. The Morgan fingerprint density at radius 1 is 1.03 bits per heavy atom. The third kappa shape index (κ3) is 7.15. The highest BCUT2D eigenvalue weighted by atomic mass is 79.9. The van der Waals surface area contributed by atoms with Gasteiger partial charge < -0.3 is 20.5 Å².